The third-order valence-electron chi connectivity index (χ3n) is 3.50. The lowest BCUT2D eigenvalue weighted by Gasteiger charge is -2.10. The predicted octanol–water partition coefficient (Wildman–Crippen LogP) is 3.18. The molecule has 0 fully saturated rings. The lowest BCUT2D eigenvalue weighted by Crippen LogP contribution is -2.26. The van der Waals surface area contributed by atoms with E-state index in [2.05, 4.69) is 20.7 Å². The van der Waals surface area contributed by atoms with Crippen LogP contribution in [0.15, 0.2) is 51.8 Å². The van der Waals surface area contributed by atoms with Crippen LogP contribution in [0, 0.1) is 0 Å². The van der Waals surface area contributed by atoms with E-state index >= 15 is 0 Å². The Balaban J connectivity index is 2.05. The van der Waals surface area contributed by atoms with Gasteiger partial charge in [-0.15, -0.1) is 0 Å². The lowest BCUT2D eigenvalue weighted by molar-refractivity contribution is 0.101. The van der Waals surface area contributed by atoms with E-state index in [9.17, 15) is 13.2 Å². The van der Waals surface area contributed by atoms with E-state index < -0.39 is 10.0 Å². The van der Waals surface area contributed by atoms with Gasteiger partial charge in [-0.25, -0.2) is 13.1 Å². The minimum absolute atomic E-state index is 0.103. The zero-order chi connectivity index (χ0) is 17.7. The molecule has 24 heavy (non-hydrogen) atoms. The van der Waals surface area contributed by atoms with E-state index in [4.69, 9.17) is 4.74 Å². The first kappa shape index (κ1) is 18.6. The van der Waals surface area contributed by atoms with E-state index in [1.54, 1.807) is 7.11 Å². The van der Waals surface area contributed by atoms with Gasteiger partial charge in [-0.2, -0.15) is 0 Å². The van der Waals surface area contributed by atoms with Crippen LogP contribution in [0.1, 0.15) is 22.8 Å². The molecule has 0 amide bonds. The summed E-state index contributed by atoms with van der Waals surface area (Å²) in [6.07, 6.45) is 0.493. The van der Waals surface area contributed by atoms with Crippen molar-refractivity contribution in [2.75, 3.05) is 13.7 Å². The largest absolute Gasteiger partial charge is 0.496 e. The van der Waals surface area contributed by atoms with E-state index in [1.165, 1.54) is 31.2 Å². The number of hydrogen-bond acceptors (Lipinski definition) is 4. The summed E-state index contributed by atoms with van der Waals surface area (Å²) < 4.78 is 33.3. The molecule has 0 saturated carbocycles. The summed E-state index contributed by atoms with van der Waals surface area (Å²) >= 11 is 3.39. The maximum absolute atomic E-state index is 12.3. The molecule has 1 N–H and O–H groups in total. The van der Waals surface area contributed by atoms with Gasteiger partial charge in [-0.1, -0.05) is 28.1 Å². The van der Waals surface area contributed by atoms with Gasteiger partial charge in [0.1, 0.15) is 5.75 Å². The molecule has 0 heterocycles. The molecule has 0 atom stereocenters. The number of ether oxygens (including phenoxy) is 1. The van der Waals surface area contributed by atoms with Gasteiger partial charge in [0.25, 0.3) is 0 Å². The molecular formula is C17H18BrNO4S. The molecule has 0 aromatic heterocycles. The zero-order valence-electron chi connectivity index (χ0n) is 13.4. The average molecular weight is 412 g/mol. The topological polar surface area (TPSA) is 72.5 Å². The Labute approximate surface area is 150 Å². The van der Waals surface area contributed by atoms with Gasteiger partial charge < -0.3 is 4.74 Å². The van der Waals surface area contributed by atoms with Gasteiger partial charge in [0, 0.05) is 16.6 Å². The molecule has 2 rings (SSSR count). The number of carbonyl (C=O) groups excluding carboxylic acids is 1. The van der Waals surface area contributed by atoms with Crippen molar-refractivity contribution < 1.29 is 17.9 Å². The van der Waals surface area contributed by atoms with Crippen molar-refractivity contribution in [3.63, 3.8) is 0 Å². The van der Waals surface area contributed by atoms with E-state index in [0.29, 0.717) is 17.7 Å². The number of hydrogen-bond donors (Lipinski definition) is 1. The second kappa shape index (κ2) is 7.92. The van der Waals surface area contributed by atoms with Crippen LogP contribution < -0.4 is 9.46 Å². The predicted molar refractivity (Wildman–Crippen MR) is 96.0 cm³/mol. The Kier molecular flexibility index (Phi) is 6.15. The number of methoxy groups -OCH3 is 1. The summed E-state index contributed by atoms with van der Waals surface area (Å²) in [4.78, 5) is 11.4. The average Bonchev–Trinajstić information content (AvgIpc) is 2.55. The Hall–Kier alpha value is -1.70. The number of sulfonamides is 1. The molecule has 0 saturated heterocycles. The molecule has 5 nitrogen and oxygen atoms in total. The van der Waals surface area contributed by atoms with Gasteiger partial charge in [0.2, 0.25) is 10.0 Å². The smallest absolute Gasteiger partial charge is 0.240 e. The van der Waals surface area contributed by atoms with Crippen LogP contribution >= 0.6 is 15.9 Å². The zero-order valence-corrected chi connectivity index (χ0v) is 15.8. The van der Waals surface area contributed by atoms with Crippen LogP contribution in [0.5, 0.6) is 5.75 Å². The molecule has 128 valence electrons. The summed E-state index contributed by atoms with van der Waals surface area (Å²) in [7, 11) is -2.04. The van der Waals surface area contributed by atoms with E-state index in [-0.39, 0.29) is 17.2 Å². The highest BCUT2D eigenvalue weighted by atomic mass is 79.9. The summed E-state index contributed by atoms with van der Waals surface area (Å²) in [5, 5.41) is 0. The number of ketones is 1. The molecule has 0 aliphatic rings. The Bertz CT molecular complexity index is 832. The normalized spacial score (nSPS) is 11.3. The molecule has 2 aromatic rings. The molecule has 0 unspecified atom stereocenters. The molecule has 7 heteroatoms. The molecule has 0 aliphatic heterocycles. The van der Waals surface area contributed by atoms with Gasteiger partial charge in [-0.05, 0) is 49.2 Å². The van der Waals surface area contributed by atoms with Crippen molar-refractivity contribution in [3.05, 3.63) is 58.1 Å². The van der Waals surface area contributed by atoms with Gasteiger partial charge >= 0.3 is 0 Å². The first-order valence-electron chi connectivity index (χ1n) is 7.26. The van der Waals surface area contributed by atoms with Crippen molar-refractivity contribution in [1.29, 1.82) is 0 Å². The molecule has 0 radical (unpaired) electrons. The number of halogens is 1. The standard InChI is InChI=1S/C17H18BrNO4S/c1-12(20)13-3-6-16(7-4-13)24(21,22)19-10-9-14-11-15(18)5-8-17(14)23-2/h3-8,11,19H,9-10H2,1-2H3. The number of nitrogens with one attached hydrogen (secondary N) is 1. The van der Waals surface area contributed by atoms with Crippen molar-refractivity contribution >= 4 is 31.7 Å². The monoisotopic (exact) mass is 411 g/mol. The first-order valence-corrected chi connectivity index (χ1v) is 9.54. The van der Waals surface area contributed by atoms with Crippen LogP contribution in [-0.4, -0.2) is 27.9 Å². The number of benzene rings is 2. The van der Waals surface area contributed by atoms with E-state index in [0.717, 1.165) is 10.0 Å². The van der Waals surface area contributed by atoms with Crippen LogP contribution in [0.4, 0.5) is 0 Å². The van der Waals surface area contributed by atoms with Crippen molar-refractivity contribution in [1.82, 2.24) is 4.72 Å². The van der Waals surface area contributed by atoms with Crippen molar-refractivity contribution in [2.45, 2.75) is 18.2 Å². The van der Waals surface area contributed by atoms with Crippen molar-refractivity contribution in [3.8, 4) is 5.75 Å². The Morgan fingerprint density at radius 1 is 1.17 bits per heavy atom. The van der Waals surface area contributed by atoms with E-state index in [1.807, 2.05) is 18.2 Å². The number of Topliss-reactive ketones (excluding diaryl/α,β-unsaturated/α-hetero) is 1. The molecule has 0 bridgehead atoms. The fraction of sp³-hybridized carbons (Fsp3) is 0.235. The maximum Gasteiger partial charge on any atom is 0.240 e. The van der Waals surface area contributed by atoms with Gasteiger partial charge in [0.05, 0.1) is 12.0 Å². The molecular weight excluding hydrogens is 394 g/mol. The minimum Gasteiger partial charge on any atom is -0.496 e. The summed E-state index contributed by atoms with van der Waals surface area (Å²) in [6.45, 7) is 1.68. The Morgan fingerprint density at radius 2 is 1.83 bits per heavy atom. The highest BCUT2D eigenvalue weighted by molar-refractivity contribution is 9.10. The third-order valence-corrected chi connectivity index (χ3v) is 5.47. The first-order chi connectivity index (χ1) is 11.3. The second-order valence-electron chi connectivity index (χ2n) is 5.18. The van der Waals surface area contributed by atoms with Crippen LogP contribution in [0.25, 0.3) is 0 Å². The fourth-order valence-electron chi connectivity index (χ4n) is 2.21. The highest BCUT2D eigenvalue weighted by Gasteiger charge is 2.14. The number of carbonyl (C=O) groups is 1. The minimum atomic E-state index is -3.62. The van der Waals surface area contributed by atoms with Crippen LogP contribution in [0.2, 0.25) is 0 Å². The van der Waals surface area contributed by atoms with Crippen molar-refractivity contribution in [2.24, 2.45) is 0 Å². The maximum atomic E-state index is 12.3. The summed E-state index contributed by atoms with van der Waals surface area (Å²) in [6, 6.07) is 11.5. The third kappa shape index (κ3) is 4.66. The lowest BCUT2D eigenvalue weighted by atomic mass is 10.1. The highest BCUT2D eigenvalue weighted by Crippen LogP contribution is 2.23. The summed E-state index contributed by atoms with van der Waals surface area (Å²) in [5.41, 5.74) is 1.38. The number of rotatable bonds is 7. The SMILES string of the molecule is COc1ccc(Br)cc1CCNS(=O)(=O)c1ccc(C(C)=O)cc1. The van der Waals surface area contributed by atoms with Crippen LogP contribution in [0.3, 0.4) is 0 Å². The fourth-order valence-corrected chi connectivity index (χ4v) is 3.66. The quantitative estimate of drug-likeness (QED) is 0.710. The molecule has 2 aromatic carbocycles. The molecule has 0 spiro atoms. The second-order valence-corrected chi connectivity index (χ2v) is 7.87. The van der Waals surface area contributed by atoms with Gasteiger partial charge in [-0.3, -0.25) is 4.79 Å². The van der Waals surface area contributed by atoms with Gasteiger partial charge in [0.15, 0.2) is 5.78 Å². The van der Waals surface area contributed by atoms with Crippen LogP contribution in [-0.2, 0) is 16.4 Å². The summed E-state index contributed by atoms with van der Waals surface area (Å²) in [5.74, 6) is 0.608. The molecule has 0 aliphatic carbocycles. The Morgan fingerprint density at radius 3 is 2.42 bits per heavy atom.